The maximum Gasteiger partial charge on any atom is 0.314 e. The number of fused-ring (bicyclic) bond motifs is 2. The van der Waals surface area contributed by atoms with Crippen LogP contribution in [0.4, 0.5) is 0 Å². The van der Waals surface area contributed by atoms with Gasteiger partial charge in [-0.1, -0.05) is 17.7 Å². The van der Waals surface area contributed by atoms with Gasteiger partial charge in [0.05, 0.1) is 25.4 Å². The summed E-state index contributed by atoms with van der Waals surface area (Å²) >= 11 is 0. The van der Waals surface area contributed by atoms with Gasteiger partial charge in [0.1, 0.15) is 16.6 Å². The average molecular weight is 433 g/mol. The molecule has 30 heavy (non-hydrogen) atoms. The van der Waals surface area contributed by atoms with Crippen LogP contribution in [0.15, 0.2) is 45.9 Å². The molecule has 0 unspecified atom stereocenters. The first-order chi connectivity index (χ1) is 14.2. The first-order valence-corrected chi connectivity index (χ1v) is 10.9. The summed E-state index contributed by atoms with van der Waals surface area (Å²) in [7, 11) is -1.49. The molecule has 2 aromatic rings. The first kappa shape index (κ1) is 20.6. The molecule has 1 aliphatic carbocycles. The van der Waals surface area contributed by atoms with Crippen LogP contribution in [-0.4, -0.2) is 52.0 Å². The first-order valence-electron chi connectivity index (χ1n) is 9.49. The number of ether oxygens (including phenoxy) is 2. The van der Waals surface area contributed by atoms with E-state index in [2.05, 4.69) is 0 Å². The van der Waals surface area contributed by atoms with Crippen LogP contribution in [0.1, 0.15) is 16.9 Å². The predicted octanol–water partition coefficient (Wildman–Crippen LogP) is 1.71. The van der Waals surface area contributed by atoms with E-state index in [1.54, 1.807) is 18.2 Å². The van der Waals surface area contributed by atoms with Crippen molar-refractivity contribution < 1.29 is 31.9 Å². The van der Waals surface area contributed by atoms with E-state index in [1.807, 2.05) is 6.92 Å². The van der Waals surface area contributed by atoms with E-state index < -0.39 is 32.8 Å². The molecular formula is C21H23NO7S. The van der Waals surface area contributed by atoms with Crippen LogP contribution in [-0.2, 0) is 41.9 Å². The summed E-state index contributed by atoms with van der Waals surface area (Å²) in [5.41, 5.74) is -1.18. The number of sulfonamides is 1. The lowest BCUT2D eigenvalue weighted by Gasteiger charge is -2.42. The molecule has 4 rings (SSSR count). The number of carbonyl (C=O) groups excluding carboxylic acids is 2. The Bertz CT molecular complexity index is 1060. The fourth-order valence-corrected chi connectivity index (χ4v) is 6.33. The van der Waals surface area contributed by atoms with Crippen molar-refractivity contribution in [2.75, 3.05) is 27.3 Å². The van der Waals surface area contributed by atoms with Gasteiger partial charge in [0.15, 0.2) is 0 Å². The van der Waals surface area contributed by atoms with Crippen molar-refractivity contribution >= 4 is 22.0 Å². The van der Waals surface area contributed by atoms with Crippen molar-refractivity contribution in [3.05, 3.63) is 53.5 Å². The van der Waals surface area contributed by atoms with Crippen molar-refractivity contribution in [2.45, 2.75) is 24.7 Å². The highest BCUT2D eigenvalue weighted by molar-refractivity contribution is 7.89. The zero-order valence-corrected chi connectivity index (χ0v) is 17.8. The normalized spacial score (nSPS) is 26.0. The van der Waals surface area contributed by atoms with Crippen LogP contribution in [0.25, 0.3) is 0 Å². The molecule has 9 heteroatoms. The maximum atomic E-state index is 13.4. The molecule has 2 heterocycles. The van der Waals surface area contributed by atoms with Gasteiger partial charge in [-0.25, -0.2) is 8.42 Å². The number of carbonyl (C=O) groups is 2. The van der Waals surface area contributed by atoms with E-state index in [1.165, 1.54) is 36.9 Å². The third kappa shape index (κ3) is 2.72. The van der Waals surface area contributed by atoms with Crippen LogP contribution in [0.3, 0.4) is 0 Å². The molecule has 8 nitrogen and oxygen atoms in total. The van der Waals surface area contributed by atoms with Crippen LogP contribution in [0, 0.1) is 17.8 Å². The molecule has 1 aromatic heterocycles. The van der Waals surface area contributed by atoms with Gasteiger partial charge in [0.25, 0.3) is 0 Å². The summed E-state index contributed by atoms with van der Waals surface area (Å²) in [4.78, 5) is 26.3. The molecule has 1 aromatic carbocycles. The molecule has 0 spiro atoms. The average Bonchev–Trinajstić information content (AvgIpc) is 3.33. The largest absolute Gasteiger partial charge is 0.469 e. The standard InChI is InChI=1S/C21H23NO7S/c1-14-4-6-16(7-5-14)30(25,26)22-12-20(18(23)27-2)10-15-8-9-29-17(15)11-21(20,13-22)19(24)28-3/h4-9H,10-13H2,1-3H3/t20-,21+/m1/s1. The lowest BCUT2D eigenvalue weighted by atomic mass is 9.57. The van der Waals surface area contributed by atoms with E-state index in [0.717, 1.165) is 11.1 Å². The quantitative estimate of drug-likeness (QED) is 0.676. The van der Waals surface area contributed by atoms with Crippen molar-refractivity contribution in [3.8, 4) is 0 Å². The van der Waals surface area contributed by atoms with E-state index >= 15 is 0 Å². The number of aryl methyl sites for hydroxylation is 1. The lowest BCUT2D eigenvalue weighted by Crippen LogP contribution is -2.57. The summed E-state index contributed by atoms with van der Waals surface area (Å²) in [6.07, 6.45) is 1.68. The summed E-state index contributed by atoms with van der Waals surface area (Å²) in [6, 6.07) is 8.19. The van der Waals surface area contributed by atoms with Crippen molar-refractivity contribution in [2.24, 2.45) is 10.8 Å². The molecule has 2 atom stereocenters. The van der Waals surface area contributed by atoms with E-state index in [0.29, 0.717) is 5.76 Å². The van der Waals surface area contributed by atoms with Gasteiger partial charge in [-0.2, -0.15) is 4.31 Å². The maximum absolute atomic E-state index is 13.4. The Balaban J connectivity index is 1.87. The van der Waals surface area contributed by atoms with Crippen LogP contribution in [0.5, 0.6) is 0 Å². The van der Waals surface area contributed by atoms with Gasteiger partial charge in [0.2, 0.25) is 10.0 Å². The Morgan fingerprint density at radius 1 is 0.967 bits per heavy atom. The number of hydrogen-bond acceptors (Lipinski definition) is 7. The minimum absolute atomic E-state index is 0.0526. The third-order valence-electron chi connectivity index (χ3n) is 6.41. The fourth-order valence-electron chi connectivity index (χ4n) is 4.77. The highest BCUT2D eigenvalue weighted by atomic mass is 32.2. The molecular weight excluding hydrogens is 410 g/mol. The third-order valence-corrected chi connectivity index (χ3v) is 8.22. The zero-order chi connectivity index (χ0) is 21.7. The van der Waals surface area contributed by atoms with Crippen molar-refractivity contribution in [1.82, 2.24) is 4.31 Å². The molecule has 0 radical (unpaired) electrons. The van der Waals surface area contributed by atoms with Gasteiger partial charge in [-0.05, 0) is 37.1 Å². The topological polar surface area (TPSA) is 103 Å². The highest BCUT2D eigenvalue weighted by Gasteiger charge is 2.71. The molecule has 0 amide bonds. The fraction of sp³-hybridized carbons (Fsp3) is 0.429. The van der Waals surface area contributed by atoms with Gasteiger partial charge < -0.3 is 13.9 Å². The minimum atomic E-state index is -3.96. The number of esters is 2. The summed E-state index contributed by atoms with van der Waals surface area (Å²) in [6.45, 7) is 1.47. The molecule has 1 aliphatic heterocycles. The number of methoxy groups -OCH3 is 2. The van der Waals surface area contributed by atoms with Crippen LogP contribution < -0.4 is 0 Å². The number of rotatable bonds is 4. The Kier molecular flexibility index (Phi) is 4.78. The molecule has 2 aliphatic rings. The number of benzene rings is 1. The molecule has 1 saturated heterocycles. The van der Waals surface area contributed by atoms with Gasteiger partial charge in [-0.3, -0.25) is 9.59 Å². The van der Waals surface area contributed by atoms with Crippen molar-refractivity contribution in [3.63, 3.8) is 0 Å². The Hall–Kier alpha value is -2.65. The van der Waals surface area contributed by atoms with Gasteiger partial charge >= 0.3 is 11.9 Å². The molecule has 0 saturated carbocycles. The van der Waals surface area contributed by atoms with E-state index in [9.17, 15) is 18.0 Å². The van der Waals surface area contributed by atoms with Crippen LogP contribution >= 0.6 is 0 Å². The van der Waals surface area contributed by atoms with Gasteiger partial charge in [-0.15, -0.1) is 0 Å². The monoisotopic (exact) mass is 433 g/mol. The highest BCUT2D eigenvalue weighted by Crippen LogP contribution is 2.56. The zero-order valence-electron chi connectivity index (χ0n) is 17.0. The summed E-state index contributed by atoms with van der Waals surface area (Å²) in [5.74, 6) is -0.743. The van der Waals surface area contributed by atoms with E-state index in [-0.39, 0.29) is 30.8 Å². The smallest absolute Gasteiger partial charge is 0.314 e. The SMILES string of the molecule is COC(=O)[C@@]12Cc3occc3C[C@]1(C(=O)OC)CN(S(=O)(=O)c1ccc(C)cc1)C2. The second-order valence-electron chi connectivity index (χ2n) is 7.96. The number of nitrogens with zero attached hydrogens (tertiary/aromatic N) is 1. The number of hydrogen-bond donors (Lipinski definition) is 0. The molecule has 0 bridgehead atoms. The minimum Gasteiger partial charge on any atom is -0.469 e. The second-order valence-corrected chi connectivity index (χ2v) is 9.89. The summed E-state index contributed by atoms with van der Waals surface area (Å²) < 4.78 is 43.7. The van der Waals surface area contributed by atoms with Crippen LogP contribution in [0.2, 0.25) is 0 Å². The number of furan rings is 1. The molecule has 0 N–H and O–H groups in total. The van der Waals surface area contributed by atoms with Crippen molar-refractivity contribution in [1.29, 1.82) is 0 Å². The second kappa shape index (κ2) is 6.95. The molecule has 160 valence electrons. The van der Waals surface area contributed by atoms with Gasteiger partial charge in [0, 0.05) is 19.5 Å². The Morgan fingerprint density at radius 2 is 1.53 bits per heavy atom. The Morgan fingerprint density at radius 3 is 2.10 bits per heavy atom. The van der Waals surface area contributed by atoms with E-state index in [4.69, 9.17) is 13.9 Å². The molecule has 1 fully saturated rings. The lowest BCUT2D eigenvalue weighted by molar-refractivity contribution is -0.174. The predicted molar refractivity (Wildman–Crippen MR) is 105 cm³/mol. The Labute approximate surface area is 174 Å². The summed E-state index contributed by atoms with van der Waals surface area (Å²) in [5, 5.41) is 0.